The second-order valence-corrected chi connectivity index (χ2v) is 4.97. The van der Waals surface area contributed by atoms with Crippen LogP contribution in [0, 0.1) is 0 Å². The van der Waals surface area contributed by atoms with Crippen molar-refractivity contribution in [3.8, 4) is 0 Å². The third-order valence-corrected chi connectivity index (χ3v) is 3.81. The summed E-state index contributed by atoms with van der Waals surface area (Å²) in [5, 5.41) is 0.784. The first-order chi connectivity index (χ1) is 11.5. The van der Waals surface area contributed by atoms with E-state index in [0.29, 0.717) is 23.3 Å². The van der Waals surface area contributed by atoms with E-state index < -0.39 is 25.9 Å². The van der Waals surface area contributed by atoms with E-state index in [1.54, 1.807) is 18.2 Å². The van der Waals surface area contributed by atoms with E-state index >= 15 is 0 Å². The number of amides is 1. The first-order valence-corrected chi connectivity index (χ1v) is 6.21. The Kier molecular flexibility index (Phi) is 1.64. The van der Waals surface area contributed by atoms with Gasteiger partial charge < -0.3 is 15.6 Å². The number of nitrogens with one attached hydrogen (secondary N) is 1. The minimum absolute atomic E-state index is 0.286. The summed E-state index contributed by atoms with van der Waals surface area (Å²) in [5.74, 6) is -0.546. The number of hydrogen-bond donors (Lipinski definition) is 2. The number of carbonyl (C=O) groups is 1. The van der Waals surface area contributed by atoms with Crippen LogP contribution in [0.4, 0.5) is 0 Å². The Morgan fingerprint density at radius 1 is 1.53 bits per heavy atom. The van der Waals surface area contributed by atoms with E-state index in [4.69, 9.17) is 14.0 Å². The van der Waals surface area contributed by atoms with Crippen molar-refractivity contribution in [2.75, 3.05) is 14.0 Å². The van der Waals surface area contributed by atoms with Crippen LogP contribution < -0.4 is 5.73 Å². The molecule has 1 aromatic carbocycles. The van der Waals surface area contributed by atoms with E-state index in [1.165, 1.54) is 0 Å². The third kappa shape index (κ3) is 2.02. The number of hydrogen-bond acceptors (Lipinski definition) is 2. The molecule has 1 aliphatic rings. The minimum atomic E-state index is -2.71. The molecule has 4 nitrogen and oxygen atoms in total. The second-order valence-electron chi connectivity index (χ2n) is 4.97. The molecule has 1 atom stereocenters. The molecule has 0 radical (unpaired) electrons. The van der Waals surface area contributed by atoms with Crippen molar-refractivity contribution in [1.29, 1.82) is 0 Å². The van der Waals surface area contributed by atoms with Crippen LogP contribution >= 0.6 is 0 Å². The highest BCUT2D eigenvalue weighted by molar-refractivity contribution is 5.98. The van der Waals surface area contributed by atoms with E-state index in [1.807, 2.05) is 0 Å². The fraction of sp³-hybridized carbons (Fsp3) is 0.400. The molecule has 3 N–H and O–H groups in total. The number of primary amides is 1. The number of fused-ring (bicyclic) bond motifs is 3. The number of nitrogens with zero attached hydrogens (tertiary/aromatic N) is 1. The summed E-state index contributed by atoms with van der Waals surface area (Å²) in [6.07, 6.45) is 1.26. The van der Waals surface area contributed by atoms with Gasteiger partial charge in [-0.1, -0.05) is 0 Å². The molecular weight excluding hydrogens is 238 g/mol. The molecule has 0 spiro atoms. The SMILES string of the molecule is [2H]C([2H])([2H])N(C1CCc2[nH]c3ccc(C(N)=O)cc3c2C1)C([2H])([2H])[2H]. The van der Waals surface area contributed by atoms with E-state index in [0.717, 1.165) is 22.2 Å². The number of aromatic amines is 1. The normalized spacial score (nSPS) is 24.8. The number of nitrogens with two attached hydrogens (primary N) is 1. The van der Waals surface area contributed by atoms with E-state index in [2.05, 4.69) is 4.98 Å². The fourth-order valence-electron chi connectivity index (χ4n) is 2.77. The summed E-state index contributed by atoms with van der Waals surface area (Å²) in [6.45, 7) is -5.42. The Hall–Kier alpha value is -1.81. The van der Waals surface area contributed by atoms with Gasteiger partial charge in [-0.3, -0.25) is 4.79 Å². The first-order valence-electron chi connectivity index (χ1n) is 9.21. The first kappa shape index (κ1) is 7.10. The van der Waals surface area contributed by atoms with Crippen LogP contribution in [-0.2, 0) is 12.8 Å². The van der Waals surface area contributed by atoms with Crippen LogP contribution in [0.15, 0.2) is 18.2 Å². The lowest BCUT2D eigenvalue weighted by atomic mass is 9.90. The number of carbonyl (C=O) groups excluding carboxylic acids is 1. The van der Waals surface area contributed by atoms with Gasteiger partial charge in [-0.05, 0) is 57.0 Å². The lowest BCUT2D eigenvalue weighted by molar-refractivity contribution is 0.100. The van der Waals surface area contributed by atoms with Crippen LogP contribution in [0.25, 0.3) is 10.9 Å². The lowest BCUT2D eigenvalue weighted by Crippen LogP contribution is -2.33. The van der Waals surface area contributed by atoms with E-state index in [-0.39, 0.29) is 6.42 Å². The van der Waals surface area contributed by atoms with Gasteiger partial charge in [0.2, 0.25) is 5.91 Å². The molecule has 4 heteroatoms. The predicted octanol–water partition coefficient (Wildman–Crippen LogP) is 1.69. The molecule has 100 valence electrons. The molecule has 2 aromatic rings. The van der Waals surface area contributed by atoms with Crippen molar-refractivity contribution in [1.82, 2.24) is 9.88 Å². The molecular formula is C15H19N3O. The number of aromatic nitrogens is 1. The number of benzene rings is 1. The highest BCUT2D eigenvalue weighted by atomic mass is 16.1. The average molecular weight is 263 g/mol. The van der Waals surface area contributed by atoms with Crippen LogP contribution in [0.5, 0.6) is 0 Å². The van der Waals surface area contributed by atoms with Gasteiger partial charge in [0.15, 0.2) is 0 Å². The molecule has 0 saturated carbocycles. The highest BCUT2D eigenvalue weighted by Gasteiger charge is 2.23. The minimum Gasteiger partial charge on any atom is -0.366 e. The summed E-state index contributed by atoms with van der Waals surface area (Å²) < 4.78 is 45.7. The van der Waals surface area contributed by atoms with Crippen LogP contribution in [-0.4, -0.2) is 35.8 Å². The van der Waals surface area contributed by atoms with Gasteiger partial charge in [0, 0.05) is 36.4 Å². The molecule has 1 unspecified atom stereocenters. The molecule has 19 heavy (non-hydrogen) atoms. The fourth-order valence-corrected chi connectivity index (χ4v) is 2.77. The number of rotatable bonds is 2. The average Bonchev–Trinajstić information content (AvgIpc) is 2.81. The van der Waals surface area contributed by atoms with Crippen molar-refractivity contribution in [2.45, 2.75) is 25.3 Å². The zero-order chi connectivity index (χ0) is 18.6. The summed E-state index contributed by atoms with van der Waals surface area (Å²) in [7, 11) is 0. The Morgan fingerprint density at radius 2 is 2.37 bits per heavy atom. The molecule has 0 saturated heterocycles. The third-order valence-electron chi connectivity index (χ3n) is 3.81. The summed E-state index contributed by atoms with van der Waals surface area (Å²) in [6, 6.07) is 4.42. The predicted molar refractivity (Wildman–Crippen MR) is 76.3 cm³/mol. The van der Waals surface area contributed by atoms with Gasteiger partial charge in [0.05, 0.1) is 0 Å². The zero-order valence-corrected chi connectivity index (χ0v) is 10.4. The molecule has 3 rings (SSSR count). The largest absolute Gasteiger partial charge is 0.366 e. The van der Waals surface area contributed by atoms with Gasteiger partial charge in [0.25, 0.3) is 0 Å². The molecule has 1 aliphatic carbocycles. The lowest BCUT2D eigenvalue weighted by Gasteiger charge is -2.28. The van der Waals surface area contributed by atoms with E-state index in [9.17, 15) is 4.79 Å². The van der Waals surface area contributed by atoms with Gasteiger partial charge >= 0.3 is 0 Å². The second kappa shape index (κ2) is 4.38. The Balaban J connectivity index is 2.03. The molecule has 1 amide bonds. The van der Waals surface area contributed by atoms with Gasteiger partial charge in [0.1, 0.15) is 0 Å². The van der Waals surface area contributed by atoms with Gasteiger partial charge in [-0.15, -0.1) is 0 Å². The standard InChI is InChI=1S/C15H19N3O/c1-18(2)10-4-6-14-12(8-10)11-7-9(15(16)19)3-5-13(11)17-14/h3,5,7,10,17H,4,6,8H2,1-2H3,(H2,16,19)/i1D3,2D3. The van der Waals surface area contributed by atoms with Crippen LogP contribution in [0.3, 0.4) is 0 Å². The van der Waals surface area contributed by atoms with Gasteiger partial charge in [-0.2, -0.15) is 0 Å². The maximum Gasteiger partial charge on any atom is 0.248 e. The highest BCUT2D eigenvalue weighted by Crippen LogP contribution is 2.31. The number of aryl methyl sites for hydroxylation is 1. The number of likely N-dealkylation sites (N-methyl/N-ethyl adjacent to an activating group) is 1. The smallest absolute Gasteiger partial charge is 0.248 e. The van der Waals surface area contributed by atoms with Crippen molar-refractivity contribution < 1.29 is 13.0 Å². The summed E-state index contributed by atoms with van der Waals surface area (Å²) in [5.41, 5.74) is 8.32. The van der Waals surface area contributed by atoms with Crippen molar-refractivity contribution in [3.63, 3.8) is 0 Å². The van der Waals surface area contributed by atoms with Crippen molar-refractivity contribution in [2.24, 2.45) is 5.73 Å². The monoisotopic (exact) mass is 263 g/mol. The maximum absolute atomic E-state index is 11.4. The Bertz CT molecular complexity index is 809. The zero-order valence-electron chi connectivity index (χ0n) is 16.4. The topological polar surface area (TPSA) is 62.1 Å². The van der Waals surface area contributed by atoms with Crippen molar-refractivity contribution in [3.05, 3.63) is 35.0 Å². The van der Waals surface area contributed by atoms with Gasteiger partial charge in [-0.25, -0.2) is 0 Å². The molecule has 0 aliphatic heterocycles. The molecule has 0 bridgehead atoms. The van der Waals surface area contributed by atoms with Crippen LogP contribution in [0.1, 0.15) is 36.3 Å². The Labute approximate surface area is 121 Å². The quantitative estimate of drug-likeness (QED) is 0.866. The molecule has 0 fully saturated rings. The summed E-state index contributed by atoms with van der Waals surface area (Å²) in [4.78, 5) is 15.3. The number of H-pyrrole nitrogens is 1. The maximum atomic E-state index is 11.4. The summed E-state index contributed by atoms with van der Waals surface area (Å²) >= 11 is 0. The molecule has 1 heterocycles. The Morgan fingerprint density at radius 3 is 3.11 bits per heavy atom. The van der Waals surface area contributed by atoms with Crippen LogP contribution in [0.2, 0.25) is 0 Å². The molecule has 1 aromatic heterocycles. The van der Waals surface area contributed by atoms with Crippen molar-refractivity contribution >= 4 is 16.8 Å².